The number of hydrogen-bond donors (Lipinski definition) is 3. The number of ether oxygens (including phenoxy) is 2. The molecule has 1 atom stereocenters. The van der Waals surface area contributed by atoms with Crippen LogP contribution in [-0.4, -0.2) is 42.2 Å². The summed E-state index contributed by atoms with van der Waals surface area (Å²) in [6.45, 7) is 0.575. The van der Waals surface area contributed by atoms with Crippen molar-refractivity contribution in [3.05, 3.63) is 58.8 Å². The van der Waals surface area contributed by atoms with E-state index in [1.165, 1.54) is 38.4 Å². The predicted octanol–water partition coefficient (Wildman–Crippen LogP) is 3.89. The smallest absolute Gasteiger partial charge is 0.334 e. The molecule has 0 aliphatic heterocycles. The van der Waals surface area contributed by atoms with Crippen molar-refractivity contribution >= 4 is 23.5 Å². The summed E-state index contributed by atoms with van der Waals surface area (Å²) in [4.78, 5) is 28.0. The SMILES string of the molecule is COc1cc(C(=O)NNC(=O)N[C@H](C)c2ncc(-c3cccc(Cl)c3OCC(F)F)cc2F)on1. The van der Waals surface area contributed by atoms with Crippen LogP contribution in [0.5, 0.6) is 11.6 Å². The molecule has 3 N–H and O–H groups in total. The number of para-hydroxylation sites is 1. The third kappa shape index (κ3) is 6.53. The average Bonchev–Trinajstić information content (AvgIpc) is 3.31. The Morgan fingerprint density at radius 3 is 2.66 bits per heavy atom. The Hall–Kier alpha value is -4.00. The Balaban J connectivity index is 1.65. The minimum Gasteiger partial charge on any atom is -0.485 e. The summed E-state index contributed by atoms with van der Waals surface area (Å²) < 4.78 is 54.6. The van der Waals surface area contributed by atoms with Gasteiger partial charge in [0.2, 0.25) is 5.76 Å². The fraction of sp³-hybridized carbons (Fsp3) is 0.238. The van der Waals surface area contributed by atoms with Gasteiger partial charge in [-0.3, -0.25) is 15.2 Å². The molecule has 35 heavy (non-hydrogen) atoms. The monoisotopic (exact) mass is 513 g/mol. The molecule has 0 saturated heterocycles. The Kier molecular flexibility index (Phi) is 8.36. The number of pyridine rings is 1. The molecule has 0 radical (unpaired) electrons. The first-order chi connectivity index (χ1) is 16.7. The van der Waals surface area contributed by atoms with Gasteiger partial charge in [-0.1, -0.05) is 23.7 Å². The Morgan fingerprint density at radius 2 is 2.00 bits per heavy atom. The minimum atomic E-state index is -2.72. The zero-order chi connectivity index (χ0) is 25.5. The zero-order valence-electron chi connectivity index (χ0n) is 18.3. The second-order valence-electron chi connectivity index (χ2n) is 6.92. The van der Waals surface area contributed by atoms with Gasteiger partial charge in [0, 0.05) is 17.3 Å². The molecule has 3 aromatic rings. The van der Waals surface area contributed by atoms with Gasteiger partial charge in [0.25, 0.3) is 12.3 Å². The van der Waals surface area contributed by atoms with E-state index in [-0.39, 0.29) is 39.2 Å². The van der Waals surface area contributed by atoms with E-state index in [0.29, 0.717) is 0 Å². The third-order valence-electron chi connectivity index (χ3n) is 4.47. The van der Waals surface area contributed by atoms with Crippen LogP contribution in [0.1, 0.15) is 29.2 Å². The number of urea groups is 1. The van der Waals surface area contributed by atoms with Gasteiger partial charge in [0.15, 0.2) is 0 Å². The number of methoxy groups -OCH3 is 1. The van der Waals surface area contributed by atoms with Crippen LogP contribution >= 0.6 is 11.6 Å². The van der Waals surface area contributed by atoms with E-state index in [0.717, 1.165) is 6.07 Å². The van der Waals surface area contributed by atoms with Crippen LogP contribution in [0.15, 0.2) is 41.1 Å². The highest BCUT2D eigenvalue weighted by molar-refractivity contribution is 6.32. The van der Waals surface area contributed by atoms with Crippen molar-refractivity contribution in [3.63, 3.8) is 0 Å². The van der Waals surface area contributed by atoms with Gasteiger partial charge in [-0.25, -0.2) is 23.4 Å². The molecule has 0 aliphatic carbocycles. The molecule has 2 aromatic heterocycles. The summed E-state index contributed by atoms with van der Waals surface area (Å²) in [6.07, 6.45) is -1.44. The molecule has 0 unspecified atom stereocenters. The van der Waals surface area contributed by atoms with Crippen molar-refractivity contribution in [2.75, 3.05) is 13.7 Å². The summed E-state index contributed by atoms with van der Waals surface area (Å²) in [7, 11) is 1.33. The molecule has 2 heterocycles. The van der Waals surface area contributed by atoms with Crippen molar-refractivity contribution in [1.82, 2.24) is 26.3 Å². The molecular formula is C21H19ClF3N5O5. The standard InChI is InChI=1S/C21H19ClF3N5O5/c1-10(27-21(32)29-28-20(31)15-7-17(33-2)30-35-15)18-14(23)6-11(8-26-18)12-4-3-5-13(22)19(12)34-9-16(24)25/h3-8,10,16H,9H2,1-2H3,(H,28,31)(H2,27,29,32)/t10-/m1/s1. The number of hydrogen-bond acceptors (Lipinski definition) is 7. The van der Waals surface area contributed by atoms with E-state index in [1.54, 1.807) is 6.07 Å². The van der Waals surface area contributed by atoms with Crippen molar-refractivity contribution in [2.45, 2.75) is 19.4 Å². The summed E-state index contributed by atoms with van der Waals surface area (Å²) in [6, 6.07) is 5.06. The van der Waals surface area contributed by atoms with Crippen LogP contribution in [-0.2, 0) is 0 Å². The quantitative estimate of drug-likeness (QED) is 0.390. The van der Waals surface area contributed by atoms with Gasteiger partial charge in [-0.2, -0.15) is 0 Å². The number of aromatic nitrogens is 2. The van der Waals surface area contributed by atoms with Crippen LogP contribution in [0, 0.1) is 5.82 Å². The number of carbonyl (C=O) groups is 2. The second-order valence-corrected chi connectivity index (χ2v) is 7.32. The molecule has 0 bridgehead atoms. The average molecular weight is 514 g/mol. The van der Waals surface area contributed by atoms with Crippen LogP contribution in [0.3, 0.4) is 0 Å². The lowest BCUT2D eigenvalue weighted by atomic mass is 10.0. The van der Waals surface area contributed by atoms with Crippen molar-refractivity contribution in [1.29, 1.82) is 0 Å². The maximum atomic E-state index is 14.8. The number of halogens is 4. The molecule has 3 amide bonds. The normalized spacial score (nSPS) is 11.6. The van der Waals surface area contributed by atoms with Gasteiger partial charge in [0.1, 0.15) is 18.2 Å². The topological polar surface area (TPSA) is 128 Å². The summed E-state index contributed by atoms with van der Waals surface area (Å²) in [5.41, 5.74) is 4.54. The van der Waals surface area contributed by atoms with Crippen molar-refractivity contribution in [3.8, 4) is 22.8 Å². The molecule has 1 aromatic carbocycles. The van der Waals surface area contributed by atoms with Gasteiger partial charge < -0.3 is 19.3 Å². The minimum absolute atomic E-state index is 0.0333. The highest BCUT2D eigenvalue weighted by Crippen LogP contribution is 2.37. The Labute approximate surface area is 201 Å². The van der Waals surface area contributed by atoms with Gasteiger partial charge in [-0.15, -0.1) is 0 Å². The lowest BCUT2D eigenvalue weighted by Crippen LogP contribution is -2.47. The number of alkyl halides is 2. The number of hydrazine groups is 1. The van der Waals surface area contributed by atoms with E-state index in [9.17, 15) is 22.8 Å². The Morgan fingerprint density at radius 1 is 1.23 bits per heavy atom. The summed E-state index contributed by atoms with van der Waals surface area (Å²) in [5, 5.41) is 5.93. The van der Waals surface area contributed by atoms with Crippen LogP contribution in [0.25, 0.3) is 11.1 Å². The van der Waals surface area contributed by atoms with Crippen molar-refractivity contribution < 1.29 is 36.8 Å². The molecule has 0 spiro atoms. The molecule has 0 aliphatic rings. The first kappa shape index (κ1) is 25.6. The molecule has 3 rings (SSSR count). The first-order valence-corrected chi connectivity index (χ1v) is 10.3. The van der Waals surface area contributed by atoms with Crippen LogP contribution in [0.4, 0.5) is 18.0 Å². The number of nitrogens with zero attached hydrogens (tertiary/aromatic N) is 2. The van der Waals surface area contributed by atoms with Crippen LogP contribution < -0.4 is 25.6 Å². The highest BCUT2D eigenvalue weighted by atomic mass is 35.5. The number of carbonyl (C=O) groups excluding carboxylic acids is 2. The van der Waals surface area contributed by atoms with Crippen LogP contribution in [0.2, 0.25) is 5.02 Å². The molecule has 0 saturated carbocycles. The lowest BCUT2D eigenvalue weighted by Gasteiger charge is -2.17. The molecule has 14 heteroatoms. The first-order valence-electron chi connectivity index (χ1n) is 9.92. The lowest BCUT2D eigenvalue weighted by molar-refractivity contribution is 0.0822. The Bertz CT molecular complexity index is 1210. The van der Waals surface area contributed by atoms with Crippen molar-refractivity contribution in [2.24, 2.45) is 0 Å². The van der Waals surface area contributed by atoms with E-state index in [2.05, 4.69) is 26.3 Å². The highest BCUT2D eigenvalue weighted by Gasteiger charge is 2.20. The fourth-order valence-corrected chi connectivity index (χ4v) is 3.11. The summed E-state index contributed by atoms with van der Waals surface area (Å²) in [5.74, 6) is -1.76. The van der Waals surface area contributed by atoms with E-state index in [1.807, 2.05) is 0 Å². The molecule has 0 fully saturated rings. The molecule has 10 nitrogen and oxygen atoms in total. The maximum absolute atomic E-state index is 14.8. The molecular weight excluding hydrogens is 495 g/mol. The largest absolute Gasteiger partial charge is 0.485 e. The van der Waals surface area contributed by atoms with E-state index in [4.69, 9.17) is 25.6 Å². The van der Waals surface area contributed by atoms with E-state index < -0.39 is 36.8 Å². The van der Waals surface area contributed by atoms with Gasteiger partial charge in [-0.05, 0) is 24.2 Å². The number of rotatable bonds is 8. The van der Waals surface area contributed by atoms with E-state index >= 15 is 0 Å². The number of amides is 3. The second kappa shape index (κ2) is 11.4. The number of benzene rings is 1. The summed E-state index contributed by atoms with van der Waals surface area (Å²) >= 11 is 6.06. The third-order valence-corrected chi connectivity index (χ3v) is 4.77. The molecule has 186 valence electrons. The van der Waals surface area contributed by atoms with Gasteiger partial charge >= 0.3 is 11.9 Å². The number of nitrogens with one attached hydrogen (secondary N) is 3. The maximum Gasteiger partial charge on any atom is 0.334 e. The predicted molar refractivity (Wildman–Crippen MR) is 117 cm³/mol. The van der Waals surface area contributed by atoms with Gasteiger partial charge in [0.05, 0.1) is 29.9 Å². The zero-order valence-corrected chi connectivity index (χ0v) is 19.0. The fourth-order valence-electron chi connectivity index (χ4n) is 2.88.